The molecule has 2 rings (SSSR count). The van der Waals surface area contributed by atoms with Crippen molar-refractivity contribution in [2.45, 2.75) is 33.7 Å². The summed E-state index contributed by atoms with van der Waals surface area (Å²) in [5.41, 5.74) is 5.74. The van der Waals surface area contributed by atoms with Crippen LogP contribution >= 0.6 is 0 Å². The molecule has 0 aliphatic rings. The normalized spacial score (nSPS) is 11.0. The Kier molecular flexibility index (Phi) is 5.93. The van der Waals surface area contributed by atoms with Crippen molar-refractivity contribution in [3.05, 3.63) is 52.3 Å². The summed E-state index contributed by atoms with van der Waals surface area (Å²) in [6.07, 6.45) is 0.807. The molecular formula is C18H26N4O. The molecule has 1 heterocycles. The molecule has 0 aliphatic heterocycles. The summed E-state index contributed by atoms with van der Waals surface area (Å²) in [5.74, 6) is 0.0541. The third-order valence-electron chi connectivity index (χ3n) is 3.96. The van der Waals surface area contributed by atoms with Gasteiger partial charge in [0, 0.05) is 18.8 Å². The second-order valence-corrected chi connectivity index (χ2v) is 6.17. The fraction of sp³-hybridized carbons (Fsp3) is 0.444. The van der Waals surface area contributed by atoms with Gasteiger partial charge in [-0.05, 0) is 45.4 Å². The summed E-state index contributed by atoms with van der Waals surface area (Å²) < 4.78 is 0. The van der Waals surface area contributed by atoms with Crippen LogP contribution in [0, 0.1) is 20.8 Å². The molecule has 5 heteroatoms. The molecule has 0 spiro atoms. The van der Waals surface area contributed by atoms with Crippen LogP contribution in [0.1, 0.15) is 28.1 Å². The zero-order valence-electron chi connectivity index (χ0n) is 14.4. The molecule has 0 unspecified atom stereocenters. The van der Waals surface area contributed by atoms with Crippen LogP contribution < -0.4 is 5.32 Å². The maximum Gasteiger partial charge on any atom is 0.234 e. The summed E-state index contributed by atoms with van der Waals surface area (Å²) in [6, 6.07) is 8.40. The fourth-order valence-electron chi connectivity index (χ4n) is 2.63. The molecule has 0 atom stereocenters. The highest BCUT2D eigenvalue weighted by atomic mass is 16.2. The number of aryl methyl sites for hydroxylation is 3. The smallest absolute Gasteiger partial charge is 0.234 e. The number of benzene rings is 1. The van der Waals surface area contributed by atoms with E-state index in [9.17, 15) is 4.79 Å². The first kappa shape index (κ1) is 17.2. The highest BCUT2D eigenvalue weighted by molar-refractivity contribution is 5.77. The molecule has 23 heavy (non-hydrogen) atoms. The Morgan fingerprint density at radius 2 is 1.91 bits per heavy atom. The molecule has 0 saturated carbocycles. The number of likely N-dealkylation sites (N-methyl/N-ethyl adjacent to an activating group) is 1. The number of hydrogen-bond acceptors (Lipinski definition) is 3. The summed E-state index contributed by atoms with van der Waals surface area (Å²) in [4.78, 5) is 14.0. The highest BCUT2D eigenvalue weighted by Crippen LogP contribution is 2.09. The van der Waals surface area contributed by atoms with Gasteiger partial charge in [0.1, 0.15) is 0 Å². The third kappa shape index (κ3) is 5.21. The van der Waals surface area contributed by atoms with Gasteiger partial charge in [-0.15, -0.1) is 0 Å². The third-order valence-corrected chi connectivity index (χ3v) is 3.96. The minimum atomic E-state index is 0.0541. The van der Waals surface area contributed by atoms with Crippen LogP contribution in [0.15, 0.2) is 24.3 Å². The molecule has 0 fully saturated rings. The number of aromatic amines is 1. The summed E-state index contributed by atoms with van der Waals surface area (Å²) in [6.45, 7) is 7.87. The van der Waals surface area contributed by atoms with Gasteiger partial charge in [0.15, 0.2) is 0 Å². The van der Waals surface area contributed by atoms with E-state index in [1.807, 2.05) is 25.8 Å². The predicted molar refractivity (Wildman–Crippen MR) is 92.3 cm³/mol. The van der Waals surface area contributed by atoms with E-state index >= 15 is 0 Å². The molecule has 2 aromatic rings. The molecule has 1 aromatic heterocycles. The standard InChI is InChI=1S/C18H26N4O/c1-13-5-7-16(8-6-13)11-22(4)12-18(23)19-10-9-17-14(2)20-21-15(17)3/h5-8H,9-12H2,1-4H3,(H,19,23)(H,20,21). The molecule has 0 aliphatic carbocycles. The van der Waals surface area contributed by atoms with E-state index in [1.165, 1.54) is 16.7 Å². The molecule has 0 saturated heterocycles. The first-order valence-corrected chi connectivity index (χ1v) is 7.97. The lowest BCUT2D eigenvalue weighted by Gasteiger charge is -2.16. The summed E-state index contributed by atoms with van der Waals surface area (Å²) in [7, 11) is 1.96. The van der Waals surface area contributed by atoms with Gasteiger partial charge in [0.25, 0.3) is 0 Å². The van der Waals surface area contributed by atoms with Crippen molar-refractivity contribution in [1.82, 2.24) is 20.4 Å². The van der Waals surface area contributed by atoms with Crippen LogP contribution in [-0.2, 0) is 17.8 Å². The minimum Gasteiger partial charge on any atom is -0.355 e. The van der Waals surface area contributed by atoms with Gasteiger partial charge in [0.2, 0.25) is 5.91 Å². The molecular weight excluding hydrogens is 288 g/mol. The molecule has 2 N–H and O–H groups in total. The van der Waals surface area contributed by atoms with Crippen LogP contribution in [0.25, 0.3) is 0 Å². The van der Waals surface area contributed by atoms with Crippen molar-refractivity contribution in [3.63, 3.8) is 0 Å². The number of rotatable bonds is 7. The van der Waals surface area contributed by atoms with Gasteiger partial charge in [-0.2, -0.15) is 5.10 Å². The van der Waals surface area contributed by atoms with E-state index in [4.69, 9.17) is 0 Å². The van der Waals surface area contributed by atoms with Crippen molar-refractivity contribution in [3.8, 4) is 0 Å². The lowest BCUT2D eigenvalue weighted by atomic mass is 10.1. The van der Waals surface area contributed by atoms with E-state index in [2.05, 4.69) is 46.7 Å². The lowest BCUT2D eigenvalue weighted by Crippen LogP contribution is -2.35. The Hall–Kier alpha value is -2.14. The van der Waals surface area contributed by atoms with E-state index < -0.39 is 0 Å². The van der Waals surface area contributed by atoms with Crippen LogP contribution in [0.4, 0.5) is 0 Å². The SMILES string of the molecule is Cc1ccc(CN(C)CC(=O)NCCc2c(C)n[nH]c2C)cc1. The second-order valence-electron chi connectivity index (χ2n) is 6.17. The maximum absolute atomic E-state index is 12.0. The summed E-state index contributed by atoms with van der Waals surface area (Å²) >= 11 is 0. The number of nitrogens with zero attached hydrogens (tertiary/aromatic N) is 2. The van der Waals surface area contributed by atoms with Gasteiger partial charge in [-0.3, -0.25) is 14.8 Å². The lowest BCUT2D eigenvalue weighted by molar-refractivity contribution is -0.122. The summed E-state index contributed by atoms with van der Waals surface area (Å²) in [5, 5.41) is 10.1. The number of hydrogen-bond donors (Lipinski definition) is 2. The van der Waals surface area contributed by atoms with Crippen LogP contribution in [0.3, 0.4) is 0 Å². The molecule has 124 valence electrons. The number of H-pyrrole nitrogens is 1. The number of aromatic nitrogens is 2. The van der Waals surface area contributed by atoms with Crippen molar-refractivity contribution in [2.75, 3.05) is 20.1 Å². The predicted octanol–water partition coefficient (Wildman–Crippen LogP) is 2.13. The van der Waals surface area contributed by atoms with Crippen LogP contribution in [0.5, 0.6) is 0 Å². The fourth-order valence-corrected chi connectivity index (χ4v) is 2.63. The quantitative estimate of drug-likeness (QED) is 0.823. The Labute approximate surface area is 138 Å². The van der Waals surface area contributed by atoms with Crippen LogP contribution in [0.2, 0.25) is 0 Å². The van der Waals surface area contributed by atoms with Crippen molar-refractivity contribution in [2.24, 2.45) is 0 Å². The molecule has 5 nitrogen and oxygen atoms in total. The van der Waals surface area contributed by atoms with Crippen molar-refractivity contribution < 1.29 is 4.79 Å². The first-order valence-electron chi connectivity index (χ1n) is 7.97. The molecule has 0 bridgehead atoms. The average molecular weight is 314 g/mol. The second kappa shape index (κ2) is 7.92. The number of amides is 1. The highest BCUT2D eigenvalue weighted by Gasteiger charge is 2.09. The van der Waals surface area contributed by atoms with Gasteiger partial charge in [-0.25, -0.2) is 0 Å². The number of carbonyl (C=O) groups is 1. The number of nitrogens with one attached hydrogen (secondary N) is 2. The van der Waals surface area contributed by atoms with E-state index in [0.29, 0.717) is 13.1 Å². The molecule has 1 amide bonds. The minimum absolute atomic E-state index is 0.0541. The molecule has 1 aromatic carbocycles. The molecule has 0 radical (unpaired) electrons. The van der Waals surface area contributed by atoms with Gasteiger partial charge in [-0.1, -0.05) is 29.8 Å². The van der Waals surface area contributed by atoms with Crippen molar-refractivity contribution in [1.29, 1.82) is 0 Å². The van der Waals surface area contributed by atoms with Gasteiger partial charge in [0.05, 0.1) is 12.2 Å². The van der Waals surface area contributed by atoms with E-state index in [0.717, 1.165) is 24.4 Å². The van der Waals surface area contributed by atoms with E-state index in [1.54, 1.807) is 0 Å². The zero-order chi connectivity index (χ0) is 16.8. The number of carbonyl (C=O) groups excluding carboxylic acids is 1. The van der Waals surface area contributed by atoms with Crippen molar-refractivity contribution >= 4 is 5.91 Å². The Balaban J connectivity index is 1.72. The average Bonchev–Trinajstić information content (AvgIpc) is 2.81. The van der Waals surface area contributed by atoms with Gasteiger partial charge < -0.3 is 5.32 Å². The van der Waals surface area contributed by atoms with Gasteiger partial charge >= 0.3 is 0 Å². The van der Waals surface area contributed by atoms with E-state index in [-0.39, 0.29) is 5.91 Å². The topological polar surface area (TPSA) is 61.0 Å². The van der Waals surface area contributed by atoms with Crippen LogP contribution in [-0.4, -0.2) is 41.1 Å². The maximum atomic E-state index is 12.0. The largest absolute Gasteiger partial charge is 0.355 e. The Morgan fingerprint density at radius 1 is 1.22 bits per heavy atom. The Bertz CT molecular complexity index is 626. The Morgan fingerprint density at radius 3 is 2.52 bits per heavy atom. The monoisotopic (exact) mass is 314 g/mol. The zero-order valence-corrected chi connectivity index (χ0v) is 14.4. The first-order chi connectivity index (χ1) is 11.0.